The summed E-state index contributed by atoms with van der Waals surface area (Å²) in [6.07, 6.45) is -3.82. The summed E-state index contributed by atoms with van der Waals surface area (Å²) in [4.78, 5) is 10.8. The Hall–Kier alpha value is -2.96. The first-order chi connectivity index (χ1) is 13.3. The van der Waals surface area contributed by atoms with Gasteiger partial charge in [0.05, 0.1) is 0 Å². The van der Waals surface area contributed by atoms with Crippen molar-refractivity contribution in [2.24, 2.45) is 0 Å². The summed E-state index contributed by atoms with van der Waals surface area (Å²) in [5.74, 6) is 1.33. The van der Waals surface area contributed by atoms with Gasteiger partial charge in [-0.05, 0) is 49.2 Å². The SMILES string of the molecule is Cc1ccc(COc2ccc3c(c2)OCC(C=O)=C3)cc1O[C@@H](C)C(F)(F)F. The number of alkyl halides is 3. The van der Waals surface area contributed by atoms with Crippen molar-refractivity contribution in [1.82, 2.24) is 0 Å². The molecule has 1 heterocycles. The number of hydrogen-bond donors (Lipinski definition) is 0. The van der Waals surface area contributed by atoms with Gasteiger partial charge in [0.25, 0.3) is 0 Å². The van der Waals surface area contributed by atoms with Crippen LogP contribution in [0.1, 0.15) is 23.6 Å². The van der Waals surface area contributed by atoms with Crippen molar-refractivity contribution in [3.05, 3.63) is 58.7 Å². The quantitative estimate of drug-likeness (QED) is 0.658. The second kappa shape index (κ2) is 7.96. The normalized spacial score (nSPS) is 14.4. The fourth-order valence-corrected chi connectivity index (χ4v) is 2.60. The number of carbonyl (C=O) groups excluding carboxylic acids is 1. The number of fused-ring (bicyclic) bond motifs is 1. The fraction of sp³-hybridized carbons (Fsp3) is 0.286. The fourth-order valence-electron chi connectivity index (χ4n) is 2.60. The van der Waals surface area contributed by atoms with Crippen LogP contribution in [-0.2, 0) is 11.4 Å². The Labute approximate surface area is 160 Å². The lowest BCUT2D eigenvalue weighted by atomic mass is 10.1. The maximum atomic E-state index is 12.7. The lowest BCUT2D eigenvalue weighted by Crippen LogP contribution is -2.31. The zero-order chi connectivity index (χ0) is 20.3. The van der Waals surface area contributed by atoms with E-state index in [1.807, 2.05) is 0 Å². The zero-order valence-electron chi connectivity index (χ0n) is 15.4. The number of halogens is 3. The summed E-state index contributed by atoms with van der Waals surface area (Å²) < 4.78 is 54.5. The number of aryl methyl sites for hydroxylation is 1. The topological polar surface area (TPSA) is 44.8 Å². The van der Waals surface area contributed by atoms with Crippen LogP contribution < -0.4 is 14.2 Å². The van der Waals surface area contributed by atoms with Crippen LogP contribution in [0.15, 0.2) is 42.0 Å². The second-order valence-corrected chi connectivity index (χ2v) is 6.52. The lowest BCUT2D eigenvalue weighted by Gasteiger charge is -2.20. The molecular weight excluding hydrogens is 373 g/mol. The van der Waals surface area contributed by atoms with Crippen LogP contribution in [0.5, 0.6) is 17.2 Å². The first-order valence-electron chi connectivity index (χ1n) is 8.64. The predicted molar refractivity (Wildman–Crippen MR) is 97.6 cm³/mol. The van der Waals surface area contributed by atoms with Crippen molar-refractivity contribution in [1.29, 1.82) is 0 Å². The van der Waals surface area contributed by atoms with E-state index in [0.717, 1.165) is 18.8 Å². The van der Waals surface area contributed by atoms with Gasteiger partial charge in [0.1, 0.15) is 36.7 Å². The van der Waals surface area contributed by atoms with E-state index in [-0.39, 0.29) is 19.0 Å². The molecule has 28 heavy (non-hydrogen) atoms. The Morgan fingerprint density at radius 1 is 1.21 bits per heavy atom. The predicted octanol–water partition coefficient (Wildman–Crippen LogP) is 4.88. The third kappa shape index (κ3) is 4.65. The molecule has 3 rings (SSSR count). The summed E-state index contributed by atoms with van der Waals surface area (Å²) in [7, 11) is 0. The molecule has 148 valence electrons. The van der Waals surface area contributed by atoms with E-state index in [9.17, 15) is 18.0 Å². The van der Waals surface area contributed by atoms with Crippen LogP contribution in [0, 0.1) is 6.92 Å². The maximum absolute atomic E-state index is 12.7. The molecule has 0 aromatic heterocycles. The molecule has 0 unspecified atom stereocenters. The minimum Gasteiger partial charge on any atom is -0.489 e. The second-order valence-electron chi connectivity index (χ2n) is 6.52. The summed E-state index contributed by atoms with van der Waals surface area (Å²) in [6.45, 7) is 3.02. The van der Waals surface area contributed by atoms with Crippen LogP contribution in [0.2, 0.25) is 0 Å². The number of aldehydes is 1. The maximum Gasteiger partial charge on any atom is 0.425 e. The van der Waals surface area contributed by atoms with E-state index in [4.69, 9.17) is 14.2 Å². The largest absolute Gasteiger partial charge is 0.489 e. The molecule has 2 aromatic carbocycles. The Morgan fingerprint density at radius 3 is 2.71 bits per heavy atom. The zero-order valence-corrected chi connectivity index (χ0v) is 15.4. The van der Waals surface area contributed by atoms with Crippen molar-refractivity contribution in [2.75, 3.05) is 6.61 Å². The van der Waals surface area contributed by atoms with Crippen LogP contribution >= 0.6 is 0 Å². The molecule has 1 atom stereocenters. The van der Waals surface area contributed by atoms with E-state index < -0.39 is 12.3 Å². The molecule has 0 saturated carbocycles. The van der Waals surface area contributed by atoms with Crippen LogP contribution in [0.25, 0.3) is 6.08 Å². The molecule has 1 aliphatic rings. The number of hydrogen-bond acceptors (Lipinski definition) is 4. The molecule has 0 amide bonds. The molecule has 0 fully saturated rings. The molecule has 2 aromatic rings. The summed E-state index contributed by atoms with van der Waals surface area (Å²) in [6, 6.07) is 10.2. The van der Waals surface area contributed by atoms with Gasteiger partial charge in [-0.25, -0.2) is 0 Å². The third-order valence-corrected chi connectivity index (χ3v) is 4.29. The first kappa shape index (κ1) is 19.8. The van der Waals surface area contributed by atoms with E-state index in [2.05, 4.69) is 0 Å². The molecule has 0 saturated heterocycles. The monoisotopic (exact) mass is 392 g/mol. The van der Waals surface area contributed by atoms with Crippen LogP contribution in [-0.4, -0.2) is 25.2 Å². The number of benzene rings is 2. The van der Waals surface area contributed by atoms with Gasteiger partial charge in [0.2, 0.25) is 0 Å². The van der Waals surface area contributed by atoms with E-state index >= 15 is 0 Å². The number of rotatable bonds is 6. The highest BCUT2D eigenvalue weighted by atomic mass is 19.4. The van der Waals surface area contributed by atoms with Gasteiger partial charge in [-0.2, -0.15) is 13.2 Å². The van der Waals surface area contributed by atoms with Crippen molar-refractivity contribution < 1.29 is 32.2 Å². The highest BCUT2D eigenvalue weighted by Gasteiger charge is 2.38. The average molecular weight is 392 g/mol. The van der Waals surface area contributed by atoms with E-state index in [0.29, 0.717) is 28.2 Å². The van der Waals surface area contributed by atoms with Gasteiger partial charge in [-0.15, -0.1) is 0 Å². The van der Waals surface area contributed by atoms with Crippen molar-refractivity contribution in [3.8, 4) is 17.2 Å². The highest BCUT2D eigenvalue weighted by Crippen LogP contribution is 2.31. The van der Waals surface area contributed by atoms with E-state index in [1.54, 1.807) is 49.4 Å². The Balaban J connectivity index is 1.69. The summed E-state index contributed by atoms with van der Waals surface area (Å²) >= 11 is 0. The Kier molecular flexibility index (Phi) is 5.63. The van der Waals surface area contributed by atoms with E-state index in [1.165, 1.54) is 0 Å². The molecule has 0 N–H and O–H groups in total. The van der Waals surface area contributed by atoms with Crippen LogP contribution in [0.4, 0.5) is 13.2 Å². The molecule has 0 spiro atoms. The molecule has 7 heteroatoms. The number of carbonyl (C=O) groups is 1. The Bertz CT molecular complexity index is 903. The third-order valence-electron chi connectivity index (χ3n) is 4.29. The molecule has 4 nitrogen and oxygen atoms in total. The molecule has 0 aliphatic carbocycles. The summed E-state index contributed by atoms with van der Waals surface area (Å²) in [5.41, 5.74) is 2.63. The molecular formula is C21H19F3O4. The van der Waals surface area contributed by atoms with Gasteiger partial charge >= 0.3 is 6.18 Å². The van der Waals surface area contributed by atoms with Gasteiger partial charge in [-0.3, -0.25) is 4.79 Å². The first-order valence-corrected chi connectivity index (χ1v) is 8.64. The molecule has 1 aliphatic heterocycles. The van der Waals surface area contributed by atoms with Gasteiger partial charge < -0.3 is 14.2 Å². The Morgan fingerprint density at radius 2 is 2.00 bits per heavy atom. The molecule has 0 radical (unpaired) electrons. The van der Waals surface area contributed by atoms with Crippen molar-refractivity contribution in [2.45, 2.75) is 32.7 Å². The highest BCUT2D eigenvalue weighted by molar-refractivity contribution is 5.84. The van der Waals surface area contributed by atoms with Crippen LogP contribution in [0.3, 0.4) is 0 Å². The van der Waals surface area contributed by atoms with Crippen molar-refractivity contribution in [3.63, 3.8) is 0 Å². The summed E-state index contributed by atoms with van der Waals surface area (Å²) in [5, 5.41) is 0. The minimum atomic E-state index is -4.43. The van der Waals surface area contributed by atoms with Gasteiger partial charge in [0, 0.05) is 17.2 Å². The average Bonchev–Trinajstić information content (AvgIpc) is 2.67. The minimum absolute atomic E-state index is 0.158. The van der Waals surface area contributed by atoms with Gasteiger partial charge in [-0.1, -0.05) is 12.1 Å². The number of ether oxygens (including phenoxy) is 3. The van der Waals surface area contributed by atoms with Crippen molar-refractivity contribution >= 4 is 12.4 Å². The standard InChI is InChI=1S/C21H19F3O4/c1-13-3-4-15(8-19(13)28-14(2)21(22,23)24)11-26-18-6-5-17-7-16(10-25)12-27-20(17)9-18/h3-10,14H,11-12H2,1-2H3/t14-/m0/s1. The molecule has 0 bridgehead atoms. The smallest absolute Gasteiger partial charge is 0.425 e. The lowest BCUT2D eigenvalue weighted by molar-refractivity contribution is -0.189. The van der Waals surface area contributed by atoms with Gasteiger partial charge in [0.15, 0.2) is 6.10 Å².